The van der Waals surface area contributed by atoms with E-state index >= 15 is 0 Å². The first-order valence-corrected chi connectivity index (χ1v) is 17.8. The van der Waals surface area contributed by atoms with E-state index in [9.17, 15) is 16.4 Å². The van der Waals surface area contributed by atoms with Gasteiger partial charge in [0.1, 0.15) is 0 Å². The van der Waals surface area contributed by atoms with Gasteiger partial charge in [-0.25, -0.2) is 0 Å². The molecule has 266 valence electrons. The standard InChI is InChI=1S/C54H35N3/c1-2-14-36(15-3-1)37-28-30-38(31-29-37)39-16-12-17-40(34-39)56-50-25-11-7-21-46(50)54-51(56)26-13-27-52(54)57-49-24-10-6-20-44(49)45-33-32-41(35-53(45)57)55-47-22-8-4-18-42(47)43-19-5-9-23-48(43)55/h1-35H/i4D,5D,6D,7D,8D,9D,10D,11D,13D,18D,19D,20D,21D,22D,23D,24D,25D,26D,27D,32D,33D,35D. The van der Waals surface area contributed by atoms with Gasteiger partial charge in [-0.2, -0.15) is 0 Å². The number of hydrogen-bond donors (Lipinski definition) is 0. The largest absolute Gasteiger partial charge is 0.309 e. The molecule has 12 aromatic rings. The fourth-order valence-corrected chi connectivity index (χ4v) is 7.78. The van der Waals surface area contributed by atoms with Gasteiger partial charge in [0.25, 0.3) is 0 Å². The van der Waals surface area contributed by atoms with Crippen LogP contribution >= 0.6 is 0 Å². The van der Waals surface area contributed by atoms with Crippen LogP contribution in [0.5, 0.6) is 0 Å². The van der Waals surface area contributed by atoms with E-state index in [1.54, 1.807) is 24.3 Å². The summed E-state index contributed by atoms with van der Waals surface area (Å²) in [6.45, 7) is 0. The molecule has 3 heteroatoms. The van der Waals surface area contributed by atoms with Crippen LogP contribution in [-0.4, -0.2) is 13.7 Å². The number of para-hydroxylation sites is 4. The molecule has 0 amide bonds. The monoisotopic (exact) mass is 747 g/mol. The molecule has 0 radical (unpaired) electrons. The molecule has 0 aliphatic heterocycles. The second kappa shape index (κ2) is 12.5. The van der Waals surface area contributed by atoms with Gasteiger partial charge < -0.3 is 13.7 Å². The van der Waals surface area contributed by atoms with Crippen LogP contribution in [-0.2, 0) is 0 Å². The summed E-state index contributed by atoms with van der Waals surface area (Å²) in [6, 6.07) is 6.96. The Bertz CT molecular complexity index is 4710. The van der Waals surface area contributed by atoms with Gasteiger partial charge in [0.2, 0.25) is 0 Å². The Morgan fingerprint density at radius 3 is 1.47 bits per heavy atom. The van der Waals surface area contributed by atoms with Crippen LogP contribution < -0.4 is 0 Å². The van der Waals surface area contributed by atoms with Crippen molar-refractivity contribution in [3.63, 3.8) is 0 Å². The molecule has 0 aliphatic rings. The van der Waals surface area contributed by atoms with Gasteiger partial charge in [0.15, 0.2) is 0 Å². The average molecular weight is 748 g/mol. The van der Waals surface area contributed by atoms with Gasteiger partial charge in [-0.15, -0.1) is 0 Å². The van der Waals surface area contributed by atoms with Crippen LogP contribution in [0, 0.1) is 0 Å². The van der Waals surface area contributed by atoms with Crippen LogP contribution in [0.4, 0.5) is 0 Å². The Kier molecular flexibility index (Phi) is 3.72. The van der Waals surface area contributed by atoms with E-state index in [2.05, 4.69) is 0 Å². The van der Waals surface area contributed by atoms with E-state index in [1.807, 2.05) is 54.6 Å². The molecule has 3 aromatic heterocycles. The van der Waals surface area contributed by atoms with E-state index in [-0.39, 0.29) is 27.5 Å². The first-order valence-electron chi connectivity index (χ1n) is 28.8. The summed E-state index contributed by atoms with van der Waals surface area (Å²) in [5.41, 5.74) is -0.424. The highest BCUT2D eigenvalue weighted by molar-refractivity contribution is 6.17. The maximum absolute atomic E-state index is 10.3. The third kappa shape index (κ3) is 4.79. The normalized spacial score (nSPS) is 17.3. The molecule has 0 fully saturated rings. The minimum absolute atomic E-state index is 0.227. The zero-order valence-corrected chi connectivity index (χ0v) is 29.3. The van der Waals surface area contributed by atoms with Crippen molar-refractivity contribution in [3.05, 3.63) is 212 Å². The number of hydrogen-bond acceptors (Lipinski definition) is 0. The van der Waals surface area contributed by atoms with Crippen LogP contribution in [0.1, 0.15) is 30.2 Å². The predicted octanol–water partition coefficient (Wildman–Crippen LogP) is 14.3. The van der Waals surface area contributed by atoms with Gasteiger partial charge in [-0.1, -0.05) is 151 Å². The Morgan fingerprint density at radius 2 is 0.807 bits per heavy atom. The van der Waals surface area contributed by atoms with Crippen molar-refractivity contribution in [2.24, 2.45) is 0 Å². The van der Waals surface area contributed by atoms with Crippen molar-refractivity contribution in [1.82, 2.24) is 13.7 Å². The maximum Gasteiger partial charge on any atom is 0.0667 e. The molecular formula is C54H35N3. The molecule has 0 saturated carbocycles. The summed E-state index contributed by atoms with van der Waals surface area (Å²) in [7, 11) is 0. The van der Waals surface area contributed by atoms with E-state index in [4.69, 9.17) is 13.7 Å². The first-order chi connectivity index (χ1) is 37.5. The minimum Gasteiger partial charge on any atom is -0.309 e. The number of nitrogens with zero attached hydrogens (tertiary/aromatic N) is 3. The molecule has 9 aromatic carbocycles. The van der Waals surface area contributed by atoms with Crippen molar-refractivity contribution >= 4 is 65.4 Å². The molecule has 0 bridgehead atoms. The Labute approximate surface area is 360 Å². The lowest BCUT2D eigenvalue weighted by atomic mass is 10.00. The average Bonchev–Trinajstić information content (AvgIpc) is 4.06. The smallest absolute Gasteiger partial charge is 0.0667 e. The lowest BCUT2D eigenvalue weighted by Gasteiger charge is -2.13. The topological polar surface area (TPSA) is 14.8 Å². The molecule has 0 atom stereocenters. The second-order valence-electron chi connectivity index (χ2n) is 13.3. The summed E-state index contributed by atoms with van der Waals surface area (Å²) in [5, 5.41) is -2.43. The summed E-state index contributed by atoms with van der Waals surface area (Å²) in [4.78, 5) is 0. The van der Waals surface area contributed by atoms with E-state index in [1.165, 1.54) is 4.57 Å². The molecule has 3 heterocycles. The lowest BCUT2D eigenvalue weighted by Crippen LogP contribution is -1.98. The minimum atomic E-state index is -0.901. The third-order valence-electron chi connectivity index (χ3n) is 10.3. The van der Waals surface area contributed by atoms with Gasteiger partial charge >= 0.3 is 0 Å². The first kappa shape index (κ1) is 17.0. The molecule has 0 spiro atoms. The Morgan fingerprint density at radius 1 is 0.316 bits per heavy atom. The summed E-state index contributed by atoms with van der Waals surface area (Å²) >= 11 is 0. The fourth-order valence-electron chi connectivity index (χ4n) is 7.78. The quantitative estimate of drug-likeness (QED) is 0.167. The highest BCUT2D eigenvalue weighted by Gasteiger charge is 2.21. The Balaban J connectivity index is 1.30. The lowest BCUT2D eigenvalue weighted by molar-refractivity contribution is 1.16. The number of fused-ring (bicyclic) bond motifs is 9. The molecule has 3 nitrogen and oxygen atoms in total. The van der Waals surface area contributed by atoms with E-state index in [0.29, 0.717) is 5.56 Å². The van der Waals surface area contributed by atoms with E-state index < -0.39 is 188 Å². The van der Waals surface area contributed by atoms with Gasteiger partial charge in [0.05, 0.1) is 68.9 Å². The summed E-state index contributed by atoms with van der Waals surface area (Å²) in [5.74, 6) is 0. The SMILES string of the molecule is [2H]c1c([2H])c([2H])c2c(c1[2H])c1c(-n3c4c([2H])c([2H])c([2H])c([2H])c4c4c([2H])c([2H])c(-n5c6c([2H])c([2H])c([2H])c([2H])c6c6c([2H])c([2H])c([2H])c([2H])c65)c([2H])c43)c([2H])c([2H])c([2H])c1n2-c1cccc(-c2ccc(-c3ccccc3)cc2)c1. The molecule has 57 heavy (non-hydrogen) atoms. The van der Waals surface area contributed by atoms with Crippen molar-refractivity contribution in [2.75, 3.05) is 0 Å². The van der Waals surface area contributed by atoms with Crippen molar-refractivity contribution < 1.29 is 30.2 Å². The molecule has 0 unspecified atom stereocenters. The van der Waals surface area contributed by atoms with Gasteiger partial charge in [0, 0.05) is 43.7 Å². The zero-order valence-electron chi connectivity index (χ0n) is 51.3. The zero-order chi connectivity index (χ0) is 56.6. The summed E-state index contributed by atoms with van der Waals surface area (Å²) in [6.07, 6.45) is 0. The van der Waals surface area contributed by atoms with Gasteiger partial charge in [-0.05, 0) is 82.7 Å². The highest BCUT2D eigenvalue weighted by Crippen LogP contribution is 2.41. The van der Waals surface area contributed by atoms with E-state index in [0.717, 1.165) is 25.8 Å². The molecule has 0 N–H and O–H groups in total. The highest BCUT2D eigenvalue weighted by atomic mass is 15.0. The van der Waals surface area contributed by atoms with Crippen LogP contribution in [0.3, 0.4) is 0 Å². The molecule has 12 rings (SSSR count). The van der Waals surface area contributed by atoms with Crippen LogP contribution in [0.15, 0.2) is 212 Å². The Hall–Kier alpha value is -7.62. The van der Waals surface area contributed by atoms with Crippen molar-refractivity contribution in [2.45, 2.75) is 0 Å². The number of benzene rings is 9. The summed E-state index contributed by atoms with van der Waals surface area (Å²) < 4.78 is 206. The third-order valence-corrected chi connectivity index (χ3v) is 10.3. The van der Waals surface area contributed by atoms with Crippen LogP contribution in [0.2, 0.25) is 0 Å². The van der Waals surface area contributed by atoms with Gasteiger partial charge in [-0.3, -0.25) is 0 Å². The number of rotatable bonds is 5. The van der Waals surface area contributed by atoms with Crippen LogP contribution in [0.25, 0.3) is 105 Å². The fraction of sp³-hybridized carbons (Fsp3) is 0. The second-order valence-corrected chi connectivity index (χ2v) is 13.3. The number of aromatic nitrogens is 3. The predicted molar refractivity (Wildman–Crippen MR) is 240 cm³/mol. The van der Waals surface area contributed by atoms with Crippen molar-refractivity contribution in [1.29, 1.82) is 0 Å². The molecule has 0 saturated heterocycles. The maximum atomic E-state index is 10.3. The molecule has 0 aliphatic carbocycles. The molecular weight excluding hydrogens is 691 g/mol. The van der Waals surface area contributed by atoms with Crippen molar-refractivity contribution in [3.8, 4) is 39.3 Å².